The van der Waals surface area contributed by atoms with Crippen molar-refractivity contribution in [2.45, 2.75) is 44.9 Å². The maximum absolute atomic E-state index is 11.9. The Hall–Kier alpha value is -0.180. The van der Waals surface area contributed by atoms with Gasteiger partial charge in [0.25, 0.3) is 0 Å². The smallest absolute Gasteiger partial charge is 0.231 e. The van der Waals surface area contributed by atoms with Gasteiger partial charge in [0.2, 0.25) is 5.91 Å². The van der Waals surface area contributed by atoms with E-state index in [2.05, 4.69) is 31.0 Å². The molecule has 1 atom stereocenters. The van der Waals surface area contributed by atoms with Gasteiger partial charge in [0.05, 0.1) is 5.25 Å². The van der Waals surface area contributed by atoms with Crippen LogP contribution in [0.4, 0.5) is 0 Å². The third-order valence-electron chi connectivity index (χ3n) is 2.01. The molecule has 1 amide bonds. The first-order valence-corrected chi connectivity index (χ1v) is 7.99. The lowest BCUT2D eigenvalue weighted by Gasteiger charge is -2.36. The van der Waals surface area contributed by atoms with Gasteiger partial charge in [0, 0.05) is 5.54 Å². The zero-order valence-corrected chi connectivity index (χ0v) is 11.4. The van der Waals surface area contributed by atoms with E-state index in [1.165, 1.54) is 0 Å². The Balaban J connectivity index is 4.50. The highest BCUT2D eigenvalue weighted by molar-refractivity contribution is 8.33. The Labute approximate surface area is 90.2 Å². The van der Waals surface area contributed by atoms with E-state index in [4.69, 9.17) is 0 Å². The SMILES string of the molecule is CCC(C(=O)NC(C)(C)C)S(C)(C)C. The van der Waals surface area contributed by atoms with Gasteiger partial charge in [-0.2, -0.15) is 0 Å². The van der Waals surface area contributed by atoms with Crippen molar-refractivity contribution in [1.82, 2.24) is 5.32 Å². The molecule has 0 spiro atoms. The number of hydrogen-bond donors (Lipinski definition) is 1. The summed E-state index contributed by atoms with van der Waals surface area (Å²) in [7, 11) is -0.799. The number of rotatable bonds is 3. The second kappa shape index (κ2) is 4.56. The van der Waals surface area contributed by atoms with Crippen molar-refractivity contribution in [3.8, 4) is 0 Å². The number of carbonyl (C=O) groups is 1. The van der Waals surface area contributed by atoms with Crippen LogP contribution in [0.2, 0.25) is 0 Å². The normalized spacial score (nSPS) is 16.2. The predicted octanol–water partition coefficient (Wildman–Crippen LogP) is 2.37. The fourth-order valence-corrected chi connectivity index (χ4v) is 3.16. The number of nitrogens with one attached hydrogen (secondary N) is 1. The molecule has 86 valence electrons. The molecule has 2 nitrogen and oxygen atoms in total. The summed E-state index contributed by atoms with van der Waals surface area (Å²) in [6.07, 6.45) is 7.52. The minimum atomic E-state index is -0.799. The molecule has 0 radical (unpaired) electrons. The third-order valence-corrected chi connectivity index (χ3v) is 4.27. The zero-order chi connectivity index (χ0) is 11.6. The van der Waals surface area contributed by atoms with Crippen LogP contribution >= 0.6 is 10.0 Å². The van der Waals surface area contributed by atoms with Crippen molar-refractivity contribution >= 4 is 15.9 Å². The molecule has 0 bridgehead atoms. The lowest BCUT2D eigenvalue weighted by Crippen LogP contribution is -2.46. The largest absolute Gasteiger partial charge is 0.351 e. The van der Waals surface area contributed by atoms with Crippen LogP contribution in [-0.4, -0.2) is 35.5 Å². The van der Waals surface area contributed by atoms with Crippen molar-refractivity contribution < 1.29 is 4.79 Å². The highest BCUT2D eigenvalue weighted by Gasteiger charge is 2.28. The summed E-state index contributed by atoms with van der Waals surface area (Å²) >= 11 is 0. The maximum Gasteiger partial charge on any atom is 0.231 e. The minimum Gasteiger partial charge on any atom is -0.351 e. The molecule has 0 saturated heterocycles. The molecule has 0 saturated carbocycles. The average Bonchev–Trinajstić information content (AvgIpc) is 1.79. The molecule has 3 heteroatoms. The van der Waals surface area contributed by atoms with E-state index >= 15 is 0 Å². The number of hydrogen-bond acceptors (Lipinski definition) is 1. The highest BCUT2D eigenvalue weighted by Crippen LogP contribution is 2.42. The van der Waals surface area contributed by atoms with Gasteiger partial charge in [0.15, 0.2) is 0 Å². The first-order valence-electron chi connectivity index (χ1n) is 5.07. The van der Waals surface area contributed by atoms with E-state index in [1.54, 1.807) is 0 Å². The summed E-state index contributed by atoms with van der Waals surface area (Å²) in [4.78, 5) is 11.9. The van der Waals surface area contributed by atoms with Crippen LogP contribution in [0.5, 0.6) is 0 Å². The third kappa shape index (κ3) is 4.89. The number of amides is 1. The van der Waals surface area contributed by atoms with Gasteiger partial charge in [-0.05, 0) is 46.0 Å². The summed E-state index contributed by atoms with van der Waals surface area (Å²) in [6, 6.07) is 0. The second-order valence-corrected chi connectivity index (χ2v) is 10.0. The van der Waals surface area contributed by atoms with E-state index in [-0.39, 0.29) is 16.7 Å². The summed E-state index contributed by atoms with van der Waals surface area (Å²) < 4.78 is 0. The molecule has 0 heterocycles. The lowest BCUT2D eigenvalue weighted by molar-refractivity contribution is -0.122. The molecule has 1 N–H and O–H groups in total. The molecule has 0 aliphatic rings. The zero-order valence-electron chi connectivity index (χ0n) is 10.6. The van der Waals surface area contributed by atoms with Crippen molar-refractivity contribution in [3.05, 3.63) is 0 Å². The Morgan fingerprint density at radius 1 is 1.29 bits per heavy atom. The fraction of sp³-hybridized carbons (Fsp3) is 0.909. The van der Waals surface area contributed by atoms with Crippen molar-refractivity contribution in [2.24, 2.45) is 0 Å². The van der Waals surface area contributed by atoms with E-state index in [9.17, 15) is 4.79 Å². The predicted molar refractivity (Wildman–Crippen MR) is 67.3 cm³/mol. The van der Waals surface area contributed by atoms with Crippen molar-refractivity contribution in [3.63, 3.8) is 0 Å². The van der Waals surface area contributed by atoms with Crippen LogP contribution in [0.25, 0.3) is 0 Å². The molecule has 14 heavy (non-hydrogen) atoms. The van der Waals surface area contributed by atoms with Crippen LogP contribution in [0.3, 0.4) is 0 Å². The number of carbonyl (C=O) groups excluding carboxylic acids is 1. The van der Waals surface area contributed by atoms with Gasteiger partial charge in [-0.15, -0.1) is 0 Å². The topological polar surface area (TPSA) is 29.1 Å². The second-order valence-electron chi connectivity index (χ2n) is 5.57. The Morgan fingerprint density at radius 3 is 1.93 bits per heavy atom. The molecule has 0 aromatic heterocycles. The Bertz CT molecular complexity index is 200. The molecule has 0 fully saturated rings. The molecule has 0 aliphatic heterocycles. The van der Waals surface area contributed by atoms with Crippen molar-refractivity contribution in [2.75, 3.05) is 18.8 Å². The summed E-state index contributed by atoms with van der Waals surface area (Å²) in [5, 5.41) is 3.24. The van der Waals surface area contributed by atoms with Crippen LogP contribution in [0, 0.1) is 0 Å². The van der Waals surface area contributed by atoms with Gasteiger partial charge in [-0.25, -0.2) is 10.0 Å². The van der Waals surface area contributed by atoms with Crippen LogP contribution < -0.4 is 5.32 Å². The van der Waals surface area contributed by atoms with E-state index in [0.29, 0.717) is 0 Å². The van der Waals surface area contributed by atoms with Gasteiger partial charge < -0.3 is 5.32 Å². The minimum absolute atomic E-state index is 0.116. The molecule has 0 aromatic rings. The Kier molecular flexibility index (Phi) is 4.50. The van der Waals surface area contributed by atoms with Crippen LogP contribution in [0.15, 0.2) is 0 Å². The first-order chi connectivity index (χ1) is 6.08. The van der Waals surface area contributed by atoms with Crippen LogP contribution in [-0.2, 0) is 4.79 Å². The molecule has 0 aliphatic carbocycles. The molecule has 0 rings (SSSR count). The quantitative estimate of drug-likeness (QED) is 0.776. The van der Waals surface area contributed by atoms with Gasteiger partial charge >= 0.3 is 0 Å². The lowest BCUT2D eigenvalue weighted by atomic mass is 10.1. The standard InChI is InChI=1S/C11H25NOS/c1-8-9(14(5,6)7)10(13)12-11(2,3)4/h9H,8H2,1-7H3,(H,12,13). The molecular formula is C11H25NOS. The summed E-state index contributed by atoms with van der Waals surface area (Å²) in [6.45, 7) is 8.16. The fourth-order valence-electron chi connectivity index (χ4n) is 1.46. The summed E-state index contributed by atoms with van der Waals surface area (Å²) in [5.41, 5.74) is -0.116. The van der Waals surface area contributed by atoms with Crippen molar-refractivity contribution in [1.29, 1.82) is 0 Å². The van der Waals surface area contributed by atoms with E-state index in [0.717, 1.165) is 6.42 Å². The monoisotopic (exact) mass is 219 g/mol. The molecular weight excluding hydrogens is 194 g/mol. The Morgan fingerprint density at radius 2 is 1.71 bits per heavy atom. The summed E-state index contributed by atoms with van der Waals surface area (Å²) in [5.74, 6) is 0.211. The molecule has 0 aromatic carbocycles. The first kappa shape index (κ1) is 13.8. The van der Waals surface area contributed by atoms with Gasteiger partial charge in [0.1, 0.15) is 0 Å². The van der Waals surface area contributed by atoms with E-state index in [1.807, 2.05) is 20.8 Å². The highest BCUT2D eigenvalue weighted by atomic mass is 32.3. The average molecular weight is 219 g/mol. The maximum atomic E-state index is 11.9. The van der Waals surface area contributed by atoms with Gasteiger partial charge in [-0.1, -0.05) is 6.92 Å². The van der Waals surface area contributed by atoms with Crippen LogP contribution in [0.1, 0.15) is 34.1 Å². The molecule has 1 unspecified atom stereocenters. The van der Waals surface area contributed by atoms with E-state index < -0.39 is 10.0 Å². The van der Waals surface area contributed by atoms with Gasteiger partial charge in [-0.3, -0.25) is 4.79 Å².